The standard InChI is InChI=1S/C13H7F5O4S/c1-21-12-8(15)10(17)13(11(18)9(12)16)23(19,20)22-7-5-3-2-4-6(7)14/h2-5H,1H3. The molecule has 0 saturated carbocycles. The van der Waals surface area contributed by atoms with Crippen LogP contribution in [-0.4, -0.2) is 15.5 Å². The average Bonchev–Trinajstić information content (AvgIpc) is 2.48. The van der Waals surface area contributed by atoms with Crippen LogP contribution in [0.1, 0.15) is 0 Å². The Morgan fingerprint density at radius 2 is 1.39 bits per heavy atom. The van der Waals surface area contributed by atoms with E-state index in [4.69, 9.17) is 0 Å². The van der Waals surface area contributed by atoms with E-state index in [9.17, 15) is 30.4 Å². The lowest BCUT2D eigenvalue weighted by Crippen LogP contribution is -2.17. The molecule has 0 heterocycles. The molecule has 0 saturated heterocycles. The van der Waals surface area contributed by atoms with Gasteiger partial charge in [-0.2, -0.15) is 17.2 Å². The molecule has 0 aliphatic heterocycles. The molecule has 10 heteroatoms. The smallest absolute Gasteiger partial charge is 0.345 e. The van der Waals surface area contributed by atoms with Gasteiger partial charge in [-0.15, -0.1) is 0 Å². The number of halogens is 5. The maximum atomic E-state index is 13.8. The van der Waals surface area contributed by atoms with Crippen LogP contribution < -0.4 is 8.92 Å². The Morgan fingerprint density at radius 3 is 1.87 bits per heavy atom. The van der Waals surface area contributed by atoms with Crippen molar-refractivity contribution in [1.29, 1.82) is 0 Å². The summed E-state index contributed by atoms with van der Waals surface area (Å²) in [6.45, 7) is 0. The van der Waals surface area contributed by atoms with Gasteiger partial charge in [0.1, 0.15) is 0 Å². The monoisotopic (exact) mass is 354 g/mol. The molecule has 0 spiro atoms. The molecular weight excluding hydrogens is 347 g/mol. The lowest BCUT2D eigenvalue weighted by atomic mass is 10.3. The summed E-state index contributed by atoms with van der Waals surface area (Å²) in [6, 6.07) is 4.03. The quantitative estimate of drug-likeness (QED) is 0.481. The Morgan fingerprint density at radius 1 is 0.870 bits per heavy atom. The number of benzene rings is 2. The summed E-state index contributed by atoms with van der Waals surface area (Å²) in [5.41, 5.74) is 0. The minimum atomic E-state index is -5.39. The first kappa shape index (κ1) is 17.0. The van der Waals surface area contributed by atoms with Crippen LogP contribution in [-0.2, 0) is 10.1 Å². The molecule has 0 aromatic heterocycles. The first-order chi connectivity index (χ1) is 10.7. The van der Waals surface area contributed by atoms with Crippen molar-refractivity contribution >= 4 is 10.1 Å². The van der Waals surface area contributed by atoms with E-state index >= 15 is 0 Å². The molecule has 0 aliphatic carbocycles. The number of hydrogen-bond acceptors (Lipinski definition) is 4. The number of rotatable bonds is 4. The van der Waals surface area contributed by atoms with Crippen LogP contribution in [0.15, 0.2) is 29.2 Å². The number of methoxy groups -OCH3 is 1. The van der Waals surface area contributed by atoms with E-state index in [-0.39, 0.29) is 0 Å². The molecule has 0 radical (unpaired) electrons. The molecule has 2 rings (SSSR count). The first-order valence-electron chi connectivity index (χ1n) is 5.79. The molecule has 124 valence electrons. The third-order valence-corrected chi connectivity index (χ3v) is 3.93. The Hall–Kier alpha value is -2.36. The number of para-hydroxylation sites is 1. The van der Waals surface area contributed by atoms with Gasteiger partial charge in [-0.3, -0.25) is 0 Å². The lowest BCUT2D eigenvalue weighted by Gasteiger charge is -2.12. The third kappa shape index (κ3) is 2.93. The predicted molar refractivity (Wildman–Crippen MR) is 67.0 cm³/mol. The van der Waals surface area contributed by atoms with Crippen LogP contribution in [0.3, 0.4) is 0 Å². The molecular formula is C13H7F5O4S. The maximum Gasteiger partial charge on any atom is 0.345 e. The maximum absolute atomic E-state index is 13.8. The highest BCUT2D eigenvalue weighted by molar-refractivity contribution is 7.87. The lowest BCUT2D eigenvalue weighted by molar-refractivity contribution is 0.320. The summed E-state index contributed by atoms with van der Waals surface area (Å²) in [7, 11) is -4.67. The van der Waals surface area contributed by atoms with E-state index in [1.807, 2.05) is 0 Å². The second-order valence-corrected chi connectivity index (χ2v) is 5.57. The summed E-state index contributed by atoms with van der Waals surface area (Å²) in [6.07, 6.45) is 0. The van der Waals surface area contributed by atoms with Crippen molar-refractivity contribution in [3.8, 4) is 11.5 Å². The van der Waals surface area contributed by atoms with Crippen molar-refractivity contribution in [1.82, 2.24) is 0 Å². The molecule has 2 aromatic rings. The summed E-state index contributed by atoms with van der Waals surface area (Å²) in [5, 5.41) is 0. The highest BCUT2D eigenvalue weighted by Crippen LogP contribution is 2.33. The fraction of sp³-hybridized carbons (Fsp3) is 0.0769. The fourth-order valence-electron chi connectivity index (χ4n) is 1.66. The molecule has 0 bridgehead atoms. The van der Waals surface area contributed by atoms with Crippen LogP contribution in [0.5, 0.6) is 11.5 Å². The zero-order chi connectivity index (χ0) is 17.4. The van der Waals surface area contributed by atoms with Gasteiger partial charge in [0.2, 0.25) is 11.6 Å². The van der Waals surface area contributed by atoms with Gasteiger partial charge >= 0.3 is 10.1 Å². The molecule has 0 aliphatic rings. The zero-order valence-corrected chi connectivity index (χ0v) is 12.1. The molecule has 0 fully saturated rings. The van der Waals surface area contributed by atoms with Crippen molar-refractivity contribution in [3.05, 3.63) is 53.4 Å². The van der Waals surface area contributed by atoms with E-state index in [0.717, 1.165) is 19.2 Å². The van der Waals surface area contributed by atoms with E-state index in [0.29, 0.717) is 0 Å². The highest BCUT2D eigenvalue weighted by Gasteiger charge is 2.35. The Bertz CT molecular complexity index is 838. The van der Waals surface area contributed by atoms with Crippen molar-refractivity contribution in [3.63, 3.8) is 0 Å². The van der Waals surface area contributed by atoms with Crippen molar-refractivity contribution < 1.29 is 39.3 Å². The predicted octanol–water partition coefficient (Wildman–Crippen LogP) is 3.16. The fourth-order valence-corrected chi connectivity index (χ4v) is 2.74. The van der Waals surface area contributed by atoms with Crippen LogP contribution >= 0.6 is 0 Å². The van der Waals surface area contributed by atoms with E-state index in [2.05, 4.69) is 8.92 Å². The van der Waals surface area contributed by atoms with Gasteiger partial charge in [0, 0.05) is 0 Å². The SMILES string of the molecule is COc1c(F)c(F)c(S(=O)(=O)Oc2ccccc2F)c(F)c1F. The van der Waals surface area contributed by atoms with Gasteiger partial charge < -0.3 is 8.92 Å². The summed E-state index contributed by atoms with van der Waals surface area (Å²) >= 11 is 0. The normalized spacial score (nSPS) is 11.4. The van der Waals surface area contributed by atoms with E-state index < -0.39 is 55.6 Å². The van der Waals surface area contributed by atoms with Crippen molar-refractivity contribution in [2.75, 3.05) is 7.11 Å². The average molecular weight is 354 g/mol. The van der Waals surface area contributed by atoms with Gasteiger partial charge in [0.15, 0.2) is 33.8 Å². The Labute approximate surface area is 127 Å². The third-order valence-electron chi connectivity index (χ3n) is 2.67. The van der Waals surface area contributed by atoms with Gasteiger partial charge in [-0.25, -0.2) is 13.2 Å². The van der Waals surface area contributed by atoms with Crippen LogP contribution in [0.25, 0.3) is 0 Å². The summed E-state index contributed by atoms with van der Waals surface area (Å²) < 4.78 is 100. The van der Waals surface area contributed by atoms with Gasteiger partial charge in [0.25, 0.3) is 0 Å². The summed E-state index contributed by atoms with van der Waals surface area (Å²) in [4.78, 5) is -2.03. The van der Waals surface area contributed by atoms with E-state index in [1.54, 1.807) is 0 Å². The molecule has 0 atom stereocenters. The second kappa shape index (κ2) is 6.03. The molecule has 2 aromatic carbocycles. The zero-order valence-electron chi connectivity index (χ0n) is 11.2. The molecule has 0 N–H and O–H groups in total. The summed E-state index contributed by atoms with van der Waals surface area (Å²) in [5.74, 6) is -12.1. The largest absolute Gasteiger partial charge is 0.491 e. The van der Waals surface area contributed by atoms with Gasteiger partial charge in [-0.05, 0) is 12.1 Å². The topological polar surface area (TPSA) is 52.6 Å². The minimum Gasteiger partial charge on any atom is -0.491 e. The molecule has 4 nitrogen and oxygen atoms in total. The minimum absolute atomic E-state index is 0.727. The Balaban J connectivity index is 2.64. The molecule has 23 heavy (non-hydrogen) atoms. The van der Waals surface area contributed by atoms with E-state index in [1.165, 1.54) is 12.1 Å². The van der Waals surface area contributed by atoms with Crippen molar-refractivity contribution in [2.24, 2.45) is 0 Å². The van der Waals surface area contributed by atoms with Gasteiger partial charge in [0.05, 0.1) is 7.11 Å². The highest BCUT2D eigenvalue weighted by atomic mass is 32.2. The van der Waals surface area contributed by atoms with Crippen LogP contribution in [0.4, 0.5) is 22.0 Å². The number of ether oxygens (including phenoxy) is 1. The Kier molecular flexibility index (Phi) is 4.46. The van der Waals surface area contributed by atoms with Crippen LogP contribution in [0.2, 0.25) is 0 Å². The van der Waals surface area contributed by atoms with Gasteiger partial charge in [-0.1, -0.05) is 12.1 Å². The molecule has 0 unspecified atom stereocenters. The molecule has 0 amide bonds. The van der Waals surface area contributed by atoms with Crippen LogP contribution in [0, 0.1) is 29.1 Å². The van der Waals surface area contributed by atoms with Crippen molar-refractivity contribution in [2.45, 2.75) is 4.90 Å². The first-order valence-corrected chi connectivity index (χ1v) is 7.20. The second-order valence-electron chi connectivity index (χ2n) is 4.09. The number of hydrogen-bond donors (Lipinski definition) is 0.